The third kappa shape index (κ3) is 2.65. The van der Waals surface area contributed by atoms with Crippen molar-refractivity contribution in [1.29, 1.82) is 5.26 Å². The molecule has 25 heavy (non-hydrogen) atoms. The Labute approximate surface area is 145 Å². The van der Waals surface area contributed by atoms with Crippen molar-refractivity contribution in [3.63, 3.8) is 0 Å². The molecule has 2 N–H and O–H groups in total. The second-order valence-electron chi connectivity index (χ2n) is 6.64. The lowest BCUT2D eigenvalue weighted by atomic mass is 10.1. The molecule has 0 aliphatic carbocycles. The summed E-state index contributed by atoms with van der Waals surface area (Å²) in [5, 5.41) is 26.5. The first kappa shape index (κ1) is 16.0. The van der Waals surface area contributed by atoms with E-state index in [1.54, 1.807) is 12.4 Å². The fourth-order valence-corrected chi connectivity index (χ4v) is 4.02. The first-order valence-electron chi connectivity index (χ1n) is 8.61. The summed E-state index contributed by atoms with van der Waals surface area (Å²) in [6, 6.07) is 2.56. The van der Waals surface area contributed by atoms with E-state index in [4.69, 9.17) is 5.26 Å². The second kappa shape index (κ2) is 6.43. The number of nitriles is 1. The van der Waals surface area contributed by atoms with Crippen molar-refractivity contribution in [3.8, 4) is 6.07 Å². The number of unbranched alkanes of at least 4 members (excludes halogenated alkanes) is 1. The zero-order valence-electron chi connectivity index (χ0n) is 14.2. The van der Waals surface area contributed by atoms with Gasteiger partial charge in [-0.15, -0.1) is 0 Å². The van der Waals surface area contributed by atoms with Crippen molar-refractivity contribution in [1.82, 2.24) is 29.6 Å². The van der Waals surface area contributed by atoms with Crippen LogP contribution in [0.2, 0.25) is 0 Å². The Hall–Kier alpha value is -2.50. The van der Waals surface area contributed by atoms with Crippen LogP contribution in [0.3, 0.4) is 0 Å². The molecule has 3 aromatic heterocycles. The maximum atomic E-state index is 9.77. The Kier molecular flexibility index (Phi) is 4.11. The fraction of sp³-hybridized carbons (Fsp3) is 0.529. The molecule has 3 aromatic rings. The fourth-order valence-electron chi connectivity index (χ4n) is 4.02. The normalized spacial score (nSPS) is 21.3. The van der Waals surface area contributed by atoms with Crippen molar-refractivity contribution in [2.24, 2.45) is 0 Å². The van der Waals surface area contributed by atoms with Crippen LogP contribution in [0.15, 0.2) is 12.4 Å². The standard InChI is InChI=1S/C17H21N7O/c1-11-21-15-8-19-17-14(7-20-22-17)16(15)24(11)12-6-13(10-25)23(9-12)5-3-2-4-18/h7-8,12-13,25H,2-3,5-6,9-10H2,1H3,(H,19,20,22). The van der Waals surface area contributed by atoms with Crippen molar-refractivity contribution >= 4 is 22.1 Å². The molecule has 0 radical (unpaired) electrons. The predicted molar refractivity (Wildman–Crippen MR) is 92.9 cm³/mol. The molecule has 0 aromatic carbocycles. The average Bonchev–Trinajstić information content (AvgIpc) is 3.29. The molecule has 8 heteroatoms. The Morgan fingerprint density at radius 2 is 2.32 bits per heavy atom. The molecule has 4 rings (SSSR count). The van der Waals surface area contributed by atoms with E-state index >= 15 is 0 Å². The van der Waals surface area contributed by atoms with Crippen LogP contribution in [-0.2, 0) is 0 Å². The highest BCUT2D eigenvalue weighted by molar-refractivity contribution is 6.00. The summed E-state index contributed by atoms with van der Waals surface area (Å²) in [6.45, 7) is 3.84. The van der Waals surface area contributed by atoms with E-state index in [9.17, 15) is 5.11 Å². The first-order chi connectivity index (χ1) is 12.2. The number of hydrogen-bond donors (Lipinski definition) is 2. The summed E-state index contributed by atoms with van der Waals surface area (Å²) in [4.78, 5) is 11.3. The van der Waals surface area contributed by atoms with Gasteiger partial charge in [0.2, 0.25) is 0 Å². The predicted octanol–water partition coefficient (Wildman–Crippen LogP) is 1.53. The van der Waals surface area contributed by atoms with Crippen LogP contribution in [0.1, 0.15) is 31.1 Å². The van der Waals surface area contributed by atoms with Crippen LogP contribution in [-0.4, -0.2) is 60.5 Å². The summed E-state index contributed by atoms with van der Waals surface area (Å²) in [5.74, 6) is 0.950. The van der Waals surface area contributed by atoms with E-state index in [0.717, 1.165) is 53.8 Å². The smallest absolute Gasteiger partial charge is 0.157 e. The van der Waals surface area contributed by atoms with Gasteiger partial charge in [-0.1, -0.05) is 0 Å². The topological polar surface area (TPSA) is 107 Å². The Bertz CT molecular complexity index is 938. The molecule has 8 nitrogen and oxygen atoms in total. The van der Waals surface area contributed by atoms with Crippen LogP contribution in [0, 0.1) is 18.3 Å². The number of aliphatic hydroxyl groups is 1. The Morgan fingerprint density at radius 3 is 3.12 bits per heavy atom. The number of aromatic amines is 1. The van der Waals surface area contributed by atoms with Gasteiger partial charge in [-0.05, 0) is 26.3 Å². The molecule has 0 amide bonds. The summed E-state index contributed by atoms with van der Waals surface area (Å²) in [6.07, 6.45) is 5.83. The van der Waals surface area contributed by atoms with E-state index in [0.29, 0.717) is 6.42 Å². The minimum absolute atomic E-state index is 0.127. The van der Waals surface area contributed by atoms with Gasteiger partial charge in [-0.2, -0.15) is 10.4 Å². The highest BCUT2D eigenvalue weighted by Gasteiger charge is 2.34. The molecule has 1 aliphatic rings. The van der Waals surface area contributed by atoms with E-state index in [2.05, 4.69) is 35.7 Å². The van der Waals surface area contributed by atoms with Gasteiger partial charge in [0.1, 0.15) is 11.3 Å². The number of likely N-dealkylation sites (tertiary alicyclic amines) is 1. The quantitative estimate of drug-likeness (QED) is 0.683. The molecule has 2 unspecified atom stereocenters. The van der Waals surface area contributed by atoms with E-state index in [1.807, 2.05) is 6.92 Å². The number of nitrogens with zero attached hydrogens (tertiary/aromatic N) is 6. The zero-order chi connectivity index (χ0) is 17.4. The minimum atomic E-state index is 0.127. The molecular weight excluding hydrogens is 318 g/mol. The van der Waals surface area contributed by atoms with Gasteiger partial charge in [0.25, 0.3) is 0 Å². The van der Waals surface area contributed by atoms with E-state index in [1.165, 1.54) is 0 Å². The number of H-pyrrole nitrogens is 1. The van der Waals surface area contributed by atoms with Crippen LogP contribution in [0.4, 0.5) is 0 Å². The molecule has 0 saturated carbocycles. The minimum Gasteiger partial charge on any atom is -0.395 e. The van der Waals surface area contributed by atoms with Crippen molar-refractivity contribution in [2.75, 3.05) is 19.7 Å². The van der Waals surface area contributed by atoms with Gasteiger partial charge < -0.3 is 9.67 Å². The maximum absolute atomic E-state index is 9.77. The van der Waals surface area contributed by atoms with Gasteiger partial charge in [-0.3, -0.25) is 10.00 Å². The number of aryl methyl sites for hydroxylation is 1. The number of aromatic nitrogens is 5. The molecular formula is C17H21N7O. The third-order valence-corrected chi connectivity index (χ3v) is 5.12. The molecule has 0 bridgehead atoms. The summed E-state index contributed by atoms with van der Waals surface area (Å²) in [7, 11) is 0. The lowest BCUT2D eigenvalue weighted by molar-refractivity contribution is 0.158. The third-order valence-electron chi connectivity index (χ3n) is 5.12. The summed E-state index contributed by atoms with van der Waals surface area (Å²) >= 11 is 0. The van der Waals surface area contributed by atoms with Gasteiger partial charge >= 0.3 is 0 Å². The molecule has 1 aliphatic heterocycles. The van der Waals surface area contributed by atoms with Crippen molar-refractivity contribution in [2.45, 2.75) is 38.3 Å². The number of pyridine rings is 1. The van der Waals surface area contributed by atoms with Crippen LogP contribution in [0.25, 0.3) is 22.1 Å². The number of aliphatic hydroxyl groups excluding tert-OH is 1. The maximum Gasteiger partial charge on any atom is 0.157 e. The number of fused-ring (bicyclic) bond motifs is 3. The summed E-state index contributed by atoms with van der Waals surface area (Å²) in [5.41, 5.74) is 2.68. The highest BCUT2D eigenvalue weighted by Crippen LogP contribution is 2.33. The van der Waals surface area contributed by atoms with Crippen LogP contribution >= 0.6 is 0 Å². The lowest BCUT2D eigenvalue weighted by Crippen LogP contribution is -2.33. The molecule has 1 saturated heterocycles. The number of nitrogens with one attached hydrogen (secondary N) is 1. The lowest BCUT2D eigenvalue weighted by Gasteiger charge is -2.21. The van der Waals surface area contributed by atoms with Gasteiger partial charge in [0.15, 0.2) is 5.65 Å². The van der Waals surface area contributed by atoms with Gasteiger partial charge in [0, 0.05) is 25.0 Å². The van der Waals surface area contributed by atoms with Crippen molar-refractivity contribution < 1.29 is 5.11 Å². The average molecular weight is 339 g/mol. The highest BCUT2D eigenvalue weighted by atomic mass is 16.3. The molecule has 4 heterocycles. The second-order valence-corrected chi connectivity index (χ2v) is 6.64. The summed E-state index contributed by atoms with van der Waals surface area (Å²) < 4.78 is 2.27. The van der Waals surface area contributed by atoms with Gasteiger partial charge in [0.05, 0.1) is 36.0 Å². The molecule has 2 atom stereocenters. The number of rotatable bonds is 5. The van der Waals surface area contributed by atoms with Gasteiger partial charge in [-0.25, -0.2) is 9.97 Å². The molecule has 130 valence electrons. The van der Waals surface area contributed by atoms with Crippen LogP contribution in [0.5, 0.6) is 0 Å². The molecule has 1 fully saturated rings. The SMILES string of the molecule is Cc1nc2cnc3[nH]ncc3c2n1C1CC(CO)N(CCCC#N)C1. The Morgan fingerprint density at radius 1 is 1.44 bits per heavy atom. The van der Waals surface area contributed by atoms with Crippen LogP contribution < -0.4 is 0 Å². The largest absolute Gasteiger partial charge is 0.395 e. The van der Waals surface area contributed by atoms with E-state index in [-0.39, 0.29) is 18.7 Å². The first-order valence-corrected chi connectivity index (χ1v) is 8.61. The number of imidazole rings is 1. The van der Waals surface area contributed by atoms with E-state index < -0.39 is 0 Å². The monoisotopic (exact) mass is 339 g/mol. The zero-order valence-corrected chi connectivity index (χ0v) is 14.2. The Balaban J connectivity index is 1.71. The number of hydrogen-bond acceptors (Lipinski definition) is 6. The van der Waals surface area contributed by atoms with Crippen molar-refractivity contribution in [3.05, 3.63) is 18.2 Å². The molecule has 0 spiro atoms.